The zero-order valence-corrected chi connectivity index (χ0v) is 12.3. The lowest BCUT2D eigenvalue weighted by Crippen LogP contribution is -2.06. The largest absolute Gasteiger partial charge is 0.286 e. The summed E-state index contributed by atoms with van der Waals surface area (Å²) < 4.78 is 0. The summed E-state index contributed by atoms with van der Waals surface area (Å²) in [5.74, 6) is -0.0479. The molecule has 2 aromatic carbocycles. The molecular weight excluding hydrogens is 292 g/mol. The van der Waals surface area contributed by atoms with Gasteiger partial charge in [-0.15, -0.1) is 0 Å². The second kappa shape index (κ2) is 5.31. The van der Waals surface area contributed by atoms with E-state index in [0.717, 1.165) is 16.0 Å². The van der Waals surface area contributed by atoms with Crippen molar-refractivity contribution < 1.29 is 4.79 Å². The van der Waals surface area contributed by atoms with Gasteiger partial charge in [-0.3, -0.25) is 10.2 Å². The Kier molecular flexibility index (Phi) is 3.51. The van der Waals surface area contributed by atoms with E-state index in [9.17, 15) is 4.79 Å². The molecule has 2 aromatic rings. The van der Waals surface area contributed by atoms with Crippen LogP contribution in [0, 0.1) is 6.92 Å². The number of hydrogen-bond donors (Lipinski definition) is 1. The molecule has 0 saturated heterocycles. The van der Waals surface area contributed by atoms with Gasteiger partial charge in [-0.2, -0.15) is 5.10 Å². The molecule has 0 unspecified atom stereocenters. The number of fused-ring (bicyclic) bond motifs is 1. The highest BCUT2D eigenvalue weighted by Crippen LogP contribution is 2.34. The molecule has 20 heavy (non-hydrogen) atoms. The van der Waals surface area contributed by atoms with Crippen LogP contribution in [-0.4, -0.2) is 10.8 Å². The number of hydrazone groups is 1. The Hall–Kier alpha value is -1.78. The zero-order chi connectivity index (χ0) is 14.1. The standard InChI is InChI=1S/C15H11ClN2OS/c1-9-6-7-13-10(8-9)14(19)15(20-13)18-17-12-5-3-2-4-11(12)16/h2-8,17H,1H3/b18-15-. The van der Waals surface area contributed by atoms with E-state index in [1.54, 1.807) is 6.07 Å². The summed E-state index contributed by atoms with van der Waals surface area (Å²) in [4.78, 5) is 13.2. The number of hydrogen-bond acceptors (Lipinski definition) is 4. The van der Waals surface area contributed by atoms with Crippen LogP contribution < -0.4 is 5.43 Å². The maximum atomic E-state index is 12.2. The molecule has 0 amide bonds. The first-order valence-corrected chi connectivity index (χ1v) is 7.26. The molecular formula is C15H11ClN2OS. The number of aryl methyl sites for hydroxylation is 1. The van der Waals surface area contributed by atoms with E-state index in [2.05, 4.69) is 10.5 Å². The number of rotatable bonds is 2. The molecule has 0 spiro atoms. The van der Waals surface area contributed by atoms with Gasteiger partial charge in [-0.1, -0.05) is 47.1 Å². The van der Waals surface area contributed by atoms with Crippen molar-refractivity contribution in [3.05, 3.63) is 58.6 Å². The monoisotopic (exact) mass is 302 g/mol. The maximum Gasteiger partial charge on any atom is 0.221 e. The van der Waals surface area contributed by atoms with Crippen molar-refractivity contribution in [2.45, 2.75) is 11.8 Å². The van der Waals surface area contributed by atoms with Gasteiger partial charge in [0.05, 0.1) is 10.7 Å². The molecule has 0 aliphatic carbocycles. The van der Waals surface area contributed by atoms with Crippen molar-refractivity contribution in [3.8, 4) is 0 Å². The quantitative estimate of drug-likeness (QED) is 0.838. The lowest BCUT2D eigenvalue weighted by molar-refractivity contribution is 0.106. The Morgan fingerprint density at radius 2 is 2.00 bits per heavy atom. The van der Waals surface area contributed by atoms with E-state index in [1.807, 2.05) is 43.3 Å². The van der Waals surface area contributed by atoms with Crippen molar-refractivity contribution in [2.75, 3.05) is 5.43 Å². The van der Waals surface area contributed by atoms with E-state index < -0.39 is 0 Å². The van der Waals surface area contributed by atoms with Gasteiger partial charge in [0.25, 0.3) is 0 Å². The van der Waals surface area contributed by atoms with Crippen LogP contribution in [0.2, 0.25) is 5.02 Å². The van der Waals surface area contributed by atoms with E-state index in [0.29, 0.717) is 15.8 Å². The molecule has 0 saturated carbocycles. The molecule has 0 bridgehead atoms. The third-order valence-electron chi connectivity index (χ3n) is 2.93. The summed E-state index contributed by atoms with van der Waals surface area (Å²) in [6.07, 6.45) is 0. The molecule has 1 aliphatic rings. The van der Waals surface area contributed by atoms with Gasteiger partial charge >= 0.3 is 0 Å². The second-order valence-corrected chi connectivity index (χ2v) is 5.88. The summed E-state index contributed by atoms with van der Waals surface area (Å²) >= 11 is 7.41. The highest BCUT2D eigenvalue weighted by Gasteiger charge is 2.27. The fourth-order valence-electron chi connectivity index (χ4n) is 1.91. The summed E-state index contributed by atoms with van der Waals surface area (Å²) in [6, 6.07) is 13.1. The van der Waals surface area contributed by atoms with Crippen molar-refractivity contribution in [1.82, 2.24) is 0 Å². The highest BCUT2D eigenvalue weighted by molar-refractivity contribution is 8.16. The molecule has 3 rings (SSSR count). The van der Waals surface area contributed by atoms with Gasteiger partial charge in [0, 0.05) is 10.5 Å². The SMILES string of the molecule is Cc1ccc2c(c1)C(=O)/C(=N/Nc1ccccc1Cl)S2. The summed E-state index contributed by atoms with van der Waals surface area (Å²) in [6.45, 7) is 1.97. The molecule has 1 heterocycles. The number of anilines is 1. The fourth-order valence-corrected chi connectivity index (χ4v) is 2.99. The van der Waals surface area contributed by atoms with E-state index in [1.165, 1.54) is 11.8 Å². The first-order valence-electron chi connectivity index (χ1n) is 6.06. The molecule has 0 atom stereocenters. The molecule has 0 aromatic heterocycles. The summed E-state index contributed by atoms with van der Waals surface area (Å²) in [5.41, 5.74) is 5.32. The lowest BCUT2D eigenvalue weighted by atomic mass is 10.1. The number of halogens is 1. The van der Waals surface area contributed by atoms with Gasteiger partial charge in [0.1, 0.15) is 0 Å². The Bertz CT molecular complexity index is 728. The van der Waals surface area contributed by atoms with Gasteiger partial charge in [0.2, 0.25) is 5.78 Å². The normalized spacial score (nSPS) is 15.5. The van der Waals surface area contributed by atoms with Crippen molar-refractivity contribution in [2.24, 2.45) is 5.10 Å². The third kappa shape index (κ3) is 2.44. The van der Waals surface area contributed by atoms with Crippen molar-refractivity contribution in [1.29, 1.82) is 0 Å². The highest BCUT2D eigenvalue weighted by atomic mass is 35.5. The number of para-hydroxylation sites is 1. The van der Waals surface area contributed by atoms with Crippen molar-refractivity contribution in [3.63, 3.8) is 0 Å². The topological polar surface area (TPSA) is 41.5 Å². The van der Waals surface area contributed by atoms with Gasteiger partial charge in [0.15, 0.2) is 5.04 Å². The van der Waals surface area contributed by atoms with Gasteiger partial charge in [-0.05, 0) is 31.2 Å². The first-order chi connectivity index (χ1) is 9.65. The van der Waals surface area contributed by atoms with Crippen LogP contribution in [0.25, 0.3) is 0 Å². The number of thioether (sulfide) groups is 1. The molecule has 3 nitrogen and oxygen atoms in total. The van der Waals surface area contributed by atoms with Crippen molar-refractivity contribution >= 4 is 39.9 Å². The number of ketones is 1. The van der Waals surface area contributed by atoms with E-state index >= 15 is 0 Å². The predicted octanol–water partition coefficient (Wildman–Crippen LogP) is 4.36. The van der Waals surface area contributed by atoms with E-state index in [-0.39, 0.29) is 5.78 Å². The Labute approximate surface area is 126 Å². The summed E-state index contributed by atoms with van der Waals surface area (Å²) in [5, 5.41) is 5.18. The minimum absolute atomic E-state index is 0.0479. The Morgan fingerprint density at radius 1 is 1.20 bits per heavy atom. The zero-order valence-electron chi connectivity index (χ0n) is 10.7. The lowest BCUT2D eigenvalue weighted by Gasteiger charge is -2.02. The fraction of sp³-hybridized carbons (Fsp3) is 0.0667. The molecule has 0 fully saturated rings. The number of carbonyl (C=O) groups excluding carboxylic acids is 1. The van der Waals surface area contributed by atoms with Crippen LogP contribution in [0.4, 0.5) is 5.69 Å². The van der Waals surface area contributed by atoms with Crippen LogP contribution >= 0.6 is 23.4 Å². The van der Waals surface area contributed by atoms with Gasteiger partial charge < -0.3 is 0 Å². The van der Waals surface area contributed by atoms with Crippen LogP contribution in [0.5, 0.6) is 0 Å². The predicted molar refractivity (Wildman–Crippen MR) is 83.9 cm³/mol. The van der Waals surface area contributed by atoms with Crippen LogP contribution in [0.1, 0.15) is 15.9 Å². The Morgan fingerprint density at radius 3 is 2.80 bits per heavy atom. The van der Waals surface area contributed by atoms with Crippen LogP contribution in [0.3, 0.4) is 0 Å². The minimum atomic E-state index is -0.0479. The minimum Gasteiger partial charge on any atom is -0.286 e. The van der Waals surface area contributed by atoms with Gasteiger partial charge in [-0.25, -0.2) is 0 Å². The van der Waals surface area contributed by atoms with Crippen LogP contribution in [-0.2, 0) is 0 Å². The number of carbonyl (C=O) groups is 1. The maximum absolute atomic E-state index is 12.2. The number of nitrogens with one attached hydrogen (secondary N) is 1. The Balaban J connectivity index is 1.85. The van der Waals surface area contributed by atoms with Crippen LogP contribution in [0.15, 0.2) is 52.5 Å². The molecule has 1 N–H and O–H groups in total. The molecule has 0 radical (unpaired) electrons. The second-order valence-electron chi connectivity index (χ2n) is 4.44. The summed E-state index contributed by atoms with van der Waals surface area (Å²) in [7, 11) is 0. The first kappa shape index (κ1) is 13.2. The third-order valence-corrected chi connectivity index (χ3v) is 4.31. The molecule has 5 heteroatoms. The smallest absolute Gasteiger partial charge is 0.221 e. The molecule has 100 valence electrons. The molecule has 1 aliphatic heterocycles. The van der Waals surface area contributed by atoms with E-state index in [4.69, 9.17) is 11.6 Å². The number of nitrogens with zero attached hydrogens (tertiary/aromatic N) is 1. The average molecular weight is 303 g/mol. The number of benzene rings is 2. The number of Topliss-reactive ketones (excluding diaryl/α,β-unsaturated/α-hetero) is 1. The average Bonchev–Trinajstić information content (AvgIpc) is 2.75.